The van der Waals surface area contributed by atoms with Crippen LogP contribution >= 0.6 is 0 Å². The van der Waals surface area contributed by atoms with Gasteiger partial charge in [0, 0.05) is 0 Å². The van der Waals surface area contributed by atoms with E-state index >= 15 is 0 Å². The summed E-state index contributed by atoms with van der Waals surface area (Å²) in [6, 6.07) is 19.5. The van der Waals surface area contributed by atoms with Gasteiger partial charge in [0.25, 0.3) is 0 Å². The van der Waals surface area contributed by atoms with Gasteiger partial charge in [-0.2, -0.15) is 0 Å². The van der Waals surface area contributed by atoms with Crippen molar-refractivity contribution < 1.29 is 0 Å². The van der Waals surface area contributed by atoms with Gasteiger partial charge in [0.05, 0.1) is 0 Å². The fraction of sp³-hybridized carbons (Fsp3) is 0.368. The molecule has 1 fully saturated rings. The Morgan fingerprint density at radius 2 is 1.55 bits per heavy atom. The summed E-state index contributed by atoms with van der Waals surface area (Å²) in [5, 5.41) is 0. The Hall–Kier alpha value is -1.60. The van der Waals surface area contributed by atoms with Gasteiger partial charge in [-0.1, -0.05) is 67.4 Å². The summed E-state index contributed by atoms with van der Waals surface area (Å²) in [6.07, 6.45) is 5.42. The smallest absolute Gasteiger partial charge is 0.000440 e. The maximum atomic E-state index is 6.13. The van der Waals surface area contributed by atoms with Crippen LogP contribution in [-0.4, -0.2) is 6.54 Å². The van der Waals surface area contributed by atoms with Crippen LogP contribution in [0, 0.1) is 5.92 Å². The van der Waals surface area contributed by atoms with E-state index in [4.69, 9.17) is 5.73 Å². The van der Waals surface area contributed by atoms with Gasteiger partial charge in [0.1, 0.15) is 0 Å². The summed E-state index contributed by atoms with van der Waals surface area (Å²) in [4.78, 5) is 0. The molecule has 0 radical (unpaired) electrons. The Morgan fingerprint density at radius 3 is 2.25 bits per heavy atom. The lowest BCUT2D eigenvalue weighted by atomic mass is 9.81. The third-order valence-electron chi connectivity index (χ3n) is 4.67. The molecule has 0 amide bonds. The molecule has 0 bridgehead atoms. The van der Waals surface area contributed by atoms with Crippen LogP contribution in [0.15, 0.2) is 54.6 Å². The quantitative estimate of drug-likeness (QED) is 0.860. The van der Waals surface area contributed by atoms with E-state index in [1.807, 2.05) is 0 Å². The normalized spacial score (nSPS) is 17.2. The second-order valence-electron chi connectivity index (χ2n) is 5.84. The molecular weight excluding hydrogens is 242 g/mol. The molecule has 0 aromatic heterocycles. The molecule has 2 N–H and O–H groups in total. The number of hydrogen-bond donors (Lipinski definition) is 1. The van der Waals surface area contributed by atoms with Crippen molar-refractivity contribution in [2.24, 2.45) is 11.7 Å². The van der Waals surface area contributed by atoms with Gasteiger partial charge in [-0.3, -0.25) is 0 Å². The second-order valence-corrected chi connectivity index (χ2v) is 5.84. The van der Waals surface area contributed by atoms with Crippen molar-refractivity contribution >= 4 is 0 Å². The lowest BCUT2D eigenvalue weighted by Gasteiger charge is -2.25. The molecule has 0 heterocycles. The van der Waals surface area contributed by atoms with Crippen LogP contribution in [0.3, 0.4) is 0 Å². The molecule has 3 rings (SSSR count). The van der Waals surface area contributed by atoms with Crippen LogP contribution < -0.4 is 5.73 Å². The summed E-state index contributed by atoms with van der Waals surface area (Å²) in [7, 11) is 0. The standard InChI is InChI=1S/C19H23N/c20-14-19(16-10-4-5-11-16)18-13-7-6-12-17(18)15-8-2-1-3-9-15/h1-3,6-9,12-13,16,19H,4-5,10-11,14,20H2. The zero-order chi connectivity index (χ0) is 13.8. The fourth-order valence-corrected chi connectivity index (χ4v) is 3.63. The lowest BCUT2D eigenvalue weighted by molar-refractivity contribution is 0.441. The molecule has 104 valence electrons. The predicted molar refractivity (Wildman–Crippen MR) is 85.6 cm³/mol. The second kappa shape index (κ2) is 6.23. The monoisotopic (exact) mass is 265 g/mol. The summed E-state index contributed by atoms with van der Waals surface area (Å²) < 4.78 is 0. The maximum absolute atomic E-state index is 6.13. The van der Waals surface area contributed by atoms with E-state index in [0.29, 0.717) is 5.92 Å². The Kier molecular flexibility index (Phi) is 4.17. The minimum atomic E-state index is 0.508. The minimum absolute atomic E-state index is 0.508. The fourth-order valence-electron chi connectivity index (χ4n) is 3.63. The van der Waals surface area contributed by atoms with Crippen molar-refractivity contribution in [3.05, 3.63) is 60.2 Å². The highest BCUT2D eigenvalue weighted by Gasteiger charge is 2.26. The SMILES string of the molecule is NCC(c1ccccc1-c1ccccc1)C1CCCC1. The number of nitrogens with two attached hydrogens (primary N) is 1. The van der Waals surface area contributed by atoms with Gasteiger partial charge in [0.2, 0.25) is 0 Å². The van der Waals surface area contributed by atoms with Crippen molar-refractivity contribution in [2.45, 2.75) is 31.6 Å². The summed E-state index contributed by atoms with van der Waals surface area (Å²) in [5.74, 6) is 1.28. The highest BCUT2D eigenvalue weighted by molar-refractivity contribution is 5.68. The molecule has 2 aromatic rings. The van der Waals surface area contributed by atoms with E-state index in [2.05, 4.69) is 54.6 Å². The van der Waals surface area contributed by atoms with Crippen molar-refractivity contribution in [1.82, 2.24) is 0 Å². The van der Waals surface area contributed by atoms with Crippen LogP contribution in [0.1, 0.15) is 37.2 Å². The summed E-state index contributed by atoms with van der Waals surface area (Å²) in [6.45, 7) is 0.758. The Morgan fingerprint density at radius 1 is 0.900 bits per heavy atom. The molecule has 1 heteroatoms. The van der Waals surface area contributed by atoms with E-state index in [9.17, 15) is 0 Å². The molecule has 1 atom stereocenters. The van der Waals surface area contributed by atoms with Crippen LogP contribution in [-0.2, 0) is 0 Å². The molecule has 1 nitrogen and oxygen atoms in total. The predicted octanol–water partition coefficient (Wildman–Crippen LogP) is 4.59. The van der Waals surface area contributed by atoms with Crippen molar-refractivity contribution in [2.75, 3.05) is 6.54 Å². The molecule has 1 unspecified atom stereocenters. The zero-order valence-corrected chi connectivity index (χ0v) is 12.0. The first-order chi connectivity index (χ1) is 9.90. The van der Waals surface area contributed by atoms with E-state index in [1.165, 1.54) is 42.4 Å². The van der Waals surface area contributed by atoms with Crippen molar-refractivity contribution in [1.29, 1.82) is 0 Å². The molecule has 0 aliphatic heterocycles. The van der Waals surface area contributed by atoms with Gasteiger partial charge < -0.3 is 5.73 Å². The molecule has 0 saturated heterocycles. The lowest BCUT2D eigenvalue weighted by Crippen LogP contribution is -2.20. The number of benzene rings is 2. The van der Waals surface area contributed by atoms with E-state index in [-0.39, 0.29) is 0 Å². The number of hydrogen-bond acceptors (Lipinski definition) is 1. The van der Waals surface area contributed by atoms with Gasteiger partial charge >= 0.3 is 0 Å². The first-order valence-corrected chi connectivity index (χ1v) is 7.74. The number of rotatable bonds is 4. The van der Waals surface area contributed by atoms with Gasteiger partial charge in [0.15, 0.2) is 0 Å². The van der Waals surface area contributed by atoms with Crippen molar-refractivity contribution in [3.63, 3.8) is 0 Å². The molecule has 1 aliphatic carbocycles. The van der Waals surface area contributed by atoms with E-state index in [1.54, 1.807) is 0 Å². The Bertz CT molecular complexity index is 541. The molecule has 0 spiro atoms. The van der Waals surface area contributed by atoms with E-state index in [0.717, 1.165) is 12.5 Å². The molecule has 1 saturated carbocycles. The van der Waals surface area contributed by atoms with Crippen LogP contribution in [0.25, 0.3) is 11.1 Å². The molecule has 1 aliphatic rings. The van der Waals surface area contributed by atoms with Crippen LogP contribution in [0.2, 0.25) is 0 Å². The average molecular weight is 265 g/mol. The van der Waals surface area contributed by atoms with Gasteiger partial charge in [-0.25, -0.2) is 0 Å². The van der Waals surface area contributed by atoms with Crippen molar-refractivity contribution in [3.8, 4) is 11.1 Å². The van der Waals surface area contributed by atoms with Gasteiger partial charge in [-0.05, 0) is 47.9 Å². The van der Waals surface area contributed by atoms with Crippen LogP contribution in [0.4, 0.5) is 0 Å². The highest BCUT2D eigenvalue weighted by atomic mass is 14.6. The first kappa shape index (κ1) is 13.4. The topological polar surface area (TPSA) is 26.0 Å². The molecular formula is C19H23N. The maximum Gasteiger partial charge on any atom is -0.000440 e. The Labute approximate surface area is 121 Å². The summed E-state index contributed by atoms with van der Waals surface area (Å²) in [5.41, 5.74) is 10.2. The molecule has 20 heavy (non-hydrogen) atoms. The zero-order valence-electron chi connectivity index (χ0n) is 12.0. The largest absolute Gasteiger partial charge is 0.330 e. The first-order valence-electron chi connectivity index (χ1n) is 7.74. The highest BCUT2D eigenvalue weighted by Crippen LogP contribution is 2.40. The summed E-state index contributed by atoms with van der Waals surface area (Å²) >= 11 is 0. The third kappa shape index (κ3) is 2.64. The van der Waals surface area contributed by atoms with Gasteiger partial charge in [-0.15, -0.1) is 0 Å². The average Bonchev–Trinajstić information content (AvgIpc) is 3.04. The Balaban J connectivity index is 2.00. The van der Waals surface area contributed by atoms with Crippen LogP contribution in [0.5, 0.6) is 0 Å². The van der Waals surface area contributed by atoms with E-state index < -0.39 is 0 Å². The minimum Gasteiger partial charge on any atom is -0.330 e. The third-order valence-corrected chi connectivity index (χ3v) is 4.67. The molecule has 2 aromatic carbocycles.